The molecule has 0 atom stereocenters. The summed E-state index contributed by atoms with van der Waals surface area (Å²) in [6.45, 7) is 0. The minimum atomic E-state index is -4.36. The standard InChI is InChI=1S/C17H11ClF3NO/c1-23-13-6-7-14-11(8-13)9-15(22-16(14)18)10-2-4-12(5-3-10)17(19,20)21/h2-9H,1H3. The van der Waals surface area contributed by atoms with Crippen LogP contribution in [0, 0.1) is 0 Å². The number of benzene rings is 2. The number of pyridine rings is 1. The lowest BCUT2D eigenvalue weighted by atomic mass is 10.1. The second kappa shape index (κ2) is 5.74. The molecule has 0 aliphatic rings. The van der Waals surface area contributed by atoms with Crippen molar-refractivity contribution < 1.29 is 17.9 Å². The van der Waals surface area contributed by atoms with Gasteiger partial charge in [-0.15, -0.1) is 0 Å². The molecule has 3 aromatic rings. The molecule has 0 spiro atoms. The van der Waals surface area contributed by atoms with E-state index < -0.39 is 11.7 Å². The van der Waals surface area contributed by atoms with Crippen molar-refractivity contribution in [3.63, 3.8) is 0 Å². The third-order valence-electron chi connectivity index (χ3n) is 3.50. The van der Waals surface area contributed by atoms with Crippen molar-refractivity contribution in [2.24, 2.45) is 0 Å². The van der Waals surface area contributed by atoms with Crippen LogP contribution in [0.1, 0.15) is 5.56 Å². The highest BCUT2D eigenvalue weighted by atomic mass is 35.5. The van der Waals surface area contributed by atoms with Gasteiger partial charge in [0, 0.05) is 10.9 Å². The smallest absolute Gasteiger partial charge is 0.416 e. The normalized spacial score (nSPS) is 11.7. The summed E-state index contributed by atoms with van der Waals surface area (Å²) in [5, 5.41) is 1.85. The fourth-order valence-electron chi connectivity index (χ4n) is 2.30. The predicted octanol–water partition coefficient (Wildman–Crippen LogP) is 5.58. The predicted molar refractivity (Wildman–Crippen MR) is 83.7 cm³/mol. The van der Waals surface area contributed by atoms with E-state index in [4.69, 9.17) is 16.3 Å². The number of alkyl halides is 3. The Morgan fingerprint density at radius 3 is 2.30 bits per heavy atom. The monoisotopic (exact) mass is 337 g/mol. The average molecular weight is 338 g/mol. The lowest BCUT2D eigenvalue weighted by Gasteiger charge is -2.09. The Hall–Kier alpha value is -2.27. The summed E-state index contributed by atoms with van der Waals surface area (Å²) in [5.74, 6) is 0.665. The summed E-state index contributed by atoms with van der Waals surface area (Å²) in [7, 11) is 1.56. The van der Waals surface area contributed by atoms with Gasteiger partial charge in [0.25, 0.3) is 0 Å². The fraction of sp³-hybridized carbons (Fsp3) is 0.118. The third kappa shape index (κ3) is 3.10. The zero-order valence-corrected chi connectivity index (χ0v) is 12.7. The molecule has 2 nitrogen and oxygen atoms in total. The van der Waals surface area contributed by atoms with Crippen LogP contribution in [0.3, 0.4) is 0 Å². The number of halogens is 4. The molecule has 23 heavy (non-hydrogen) atoms. The van der Waals surface area contributed by atoms with Crippen LogP contribution in [0.4, 0.5) is 13.2 Å². The number of rotatable bonds is 2. The van der Waals surface area contributed by atoms with Gasteiger partial charge in [-0.3, -0.25) is 0 Å². The fourth-order valence-corrected chi connectivity index (χ4v) is 2.56. The van der Waals surface area contributed by atoms with E-state index in [-0.39, 0.29) is 0 Å². The van der Waals surface area contributed by atoms with Crippen LogP contribution in [0.15, 0.2) is 48.5 Å². The summed E-state index contributed by atoms with van der Waals surface area (Å²) in [4.78, 5) is 4.26. The second-order valence-corrected chi connectivity index (χ2v) is 5.32. The minimum Gasteiger partial charge on any atom is -0.497 e. The molecule has 0 fully saturated rings. The van der Waals surface area contributed by atoms with Gasteiger partial charge in [0.15, 0.2) is 0 Å². The summed E-state index contributed by atoms with van der Waals surface area (Å²) in [6, 6.07) is 12.0. The summed E-state index contributed by atoms with van der Waals surface area (Å²) < 4.78 is 43.1. The van der Waals surface area contributed by atoms with Crippen LogP contribution in [-0.2, 0) is 6.18 Å². The van der Waals surface area contributed by atoms with Crippen LogP contribution in [-0.4, -0.2) is 12.1 Å². The van der Waals surface area contributed by atoms with Gasteiger partial charge in [0.05, 0.1) is 18.4 Å². The van der Waals surface area contributed by atoms with Crippen molar-refractivity contribution in [2.75, 3.05) is 7.11 Å². The first kappa shape index (κ1) is 15.6. The number of ether oxygens (including phenoxy) is 1. The van der Waals surface area contributed by atoms with E-state index in [2.05, 4.69) is 4.98 Å². The maximum absolute atomic E-state index is 12.6. The number of hydrogen-bond acceptors (Lipinski definition) is 2. The SMILES string of the molecule is COc1ccc2c(Cl)nc(-c3ccc(C(F)(F)F)cc3)cc2c1. The topological polar surface area (TPSA) is 22.1 Å². The van der Waals surface area contributed by atoms with Crippen molar-refractivity contribution in [1.29, 1.82) is 0 Å². The van der Waals surface area contributed by atoms with E-state index in [0.717, 1.165) is 22.9 Å². The van der Waals surface area contributed by atoms with Crippen molar-refractivity contribution in [3.05, 3.63) is 59.2 Å². The van der Waals surface area contributed by atoms with Crippen LogP contribution < -0.4 is 4.74 Å². The number of nitrogens with zero attached hydrogens (tertiary/aromatic N) is 1. The van der Waals surface area contributed by atoms with Gasteiger partial charge in [0.1, 0.15) is 10.9 Å². The molecule has 0 radical (unpaired) electrons. The zero-order valence-electron chi connectivity index (χ0n) is 12.0. The maximum atomic E-state index is 12.6. The first-order valence-electron chi connectivity index (χ1n) is 6.70. The lowest BCUT2D eigenvalue weighted by molar-refractivity contribution is -0.137. The highest BCUT2D eigenvalue weighted by molar-refractivity contribution is 6.34. The van der Waals surface area contributed by atoms with Gasteiger partial charge < -0.3 is 4.74 Å². The summed E-state index contributed by atoms with van der Waals surface area (Å²) in [6.07, 6.45) is -4.36. The molecule has 0 unspecified atom stereocenters. The van der Waals surface area contributed by atoms with Crippen LogP contribution >= 0.6 is 11.6 Å². The quantitative estimate of drug-likeness (QED) is 0.569. The van der Waals surface area contributed by atoms with Crippen LogP contribution in [0.2, 0.25) is 5.15 Å². The van der Waals surface area contributed by atoms with Gasteiger partial charge in [-0.1, -0.05) is 23.7 Å². The largest absolute Gasteiger partial charge is 0.497 e. The Labute approximate surface area is 135 Å². The Balaban J connectivity index is 2.09. The maximum Gasteiger partial charge on any atom is 0.416 e. The van der Waals surface area contributed by atoms with Gasteiger partial charge in [0.2, 0.25) is 0 Å². The number of fused-ring (bicyclic) bond motifs is 1. The molecule has 0 aliphatic carbocycles. The van der Waals surface area contributed by atoms with Crippen LogP contribution in [0.5, 0.6) is 5.75 Å². The molecular formula is C17H11ClF3NO. The van der Waals surface area contributed by atoms with Gasteiger partial charge in [-0.2, -0.15) is 13.2 Å². The number of methoxy groups -OCH3 is 1. The molecule has 0 aliphatic heterocycles. The van der Waals surface area contributed by atoms with Gasteiger partial charge in [-0.25, -0.2) is 4.98 Å². The highest BCUT2D eigenvalue weighted by Gasteiger charge is 2.30. The summed E-state index contributed by atoms with van der Waals surface area (Å²) in [5.41, 5.74) is 0.365. The van der Waals surface area contributed by atoms with Crippen LogP contribution in [0.25, 0.3) is 22.0 Å². The number of aromatic nitrogens is 1. The van der Waals surface area contributed by atoms with Crippen molar-refractivity contribution >= 4 is 22.4 Å². The van der Waals surface area contributed by atoms with E-state index in [1.165, 1.54) is 12.1 Å². The molecule has 6 heteroatoms. The highest BCUT2D eigenvalue weighted by Crippen LogP contribution is 2.33. The molecule has 118 valence electrons. The molecule has 1 aromatic heterocycles. The van der Waals surface area contributed by atoms with Crippen molar-refractivity contribution in [2.45, 2.75) is 6.18 Å². The zero-order chi connectivity index (χ0) is 16.6. The van der Waals surface area contributed by atoms with E-state index in [9.17, 15) is 13.2 Å². The first-order chi connectivity index (χ1) is 10.9. The molecule has 2 aromatic carbocycles. The first-order valence-corrected chi connectivity index (χ1v) is 7.08. The van der Waals surface area contributed by atoms with Crippen molar-refractivity contribution in [3.8, 4) is 17.0 Å². The molecule has 1 heterocycles. The van der Waals surface area contributed by atoms with E-state index in [1.54, 1.807) is 31.4 Å². The van der Waals surface area contributed by atoms with Gasteiger partial charge in [-0.05, 0) is 41.8 Å². The summed E-state index contributed by atoms with van der Waals surface area (Å²) >= 11 is 6.18. The third-order valence-corrected chi connectivity index (χ3v) is 3.79. The molecular weight excluding hydrogens is 327 g/mol. The van der Waals surface area contributed by atoms with Gasteiger partial charge >= 0.3 is 6.18 Å². The second-order valence-electron chi connectivity index (χ2n) is 4.96. The average Bonchev–Trinajstić information content (AvgIpc) is 2.53. The molecule has 0 N–H and O–H groups in total. The molecule has 0 saturated carbocycles. The Morgan fingerprint density at radius 1 is 1.00 bits per heavy atom. The Kier molecular flexibility index (Phi) is 3.90. The molecule has 0 amide bonds. The minimum absolute atomic E-state index is 0.292. The molecule has 3 rings (SSSR count). The van der Waals surface area contributed by atoms with E-state index in [0.29, 0.717) is 22.2 Å². The lowest BCUT2D eigenvalue weighted by Crippen LogP contribution is -2.04. The number of hydrogen-bond donors (Lipinski definition) is 0. The van der Waals surface area contributed by atoms with E-state index >= 15 is 0 Å². The molecule has 0 bridgehead atoms. The Bertz CT molecular complexity index is 860. The Morgan fingerprint density at radius 2 is 1.70 bits per heavy atom. The molecule has 0 saturated heterocycles. The van der Waals surface area contributed by atoms with E-state index in [1.807, 2.05) is 0 Å². The van der Waals surface area contributed by atoms with Crippen molar-refractivity contribution in [1.82, 2.24) is 4.98 Å².